The number of thioether (sulfide) groups is 1. The van der Waals surface area contributed by atoms with E-state index in [1.54, 1.807) is 4.90 Å². The molecule has 0 bridgehead atoms. The van der Waals surface area contributed by atoms with Crippen molar-refractivity contribution >= 4 is 23.6 Å². The van der Waals surface area contributed by atoms with E-state index in [1.165, 1.54) is 11.8 Å². The van der Waals surface area contributed by atoms with Crippen LogP contribution >= 0.6 is 11.8 Å². The highest BCUT2D eigenvalue weighted by molar-refractivity contribution is 8.00. The van der Waals surface area contributed by atoms with Gasteiger partial charge in [-0.05, 0) is 45.2 Å². The summed E-state index contributed by atoms with van der Waals surface area (Å²) >= 11 is 1.32. The Bertz CT molecular complexity index is 691. The number of carbonyl (C=O) groups is 2. The fraction of sp³-hybridized carbons (Fsp3) is 0.529. The molecule has 2 heterocycles. The normalized spacial score (nSPS) is 16.5. The Morgan fingerprint density at radius 1 is 1.42 bits per heavy atom. The standard InChI is InChI=1S/C17H22N4O2S/c1-10-8-11(2)20-16(14(10)9-18)24-12(3)17(23)21-6-4-13(5-7-21)15(19)22/h8,12-13H,4-7H2,1-3H3,(H2,19,22). The number of hydrogen-bond acceptors (Lipinski definition) is 5. The third-order valence-corrected chi connectivity index (χ3v) is 5.34. The van der Waals surface area contributed by atoms with E-state index in [0.717, 1.165) is 11.3 Å². The van der Waals surface area contributed by atoms with Crippen molar-refractivity contribution in [3.63, 3.8) is 0 Å². The largest absolute Gasteiger partial charge is 0.369 e. The third kappa shape index (κ3) is 4.06. The molecule has 24 heavy (non-hydrogen) atoms. The average molecular weight is 346 g/mol. The zero-order chi connectivity index (χ0) is 17.9. The third-order valence-electron chi connectivity index (χ3n) is 4.27. The summed E-state index contributed by atoms with van der Waals surface area (Å²) in [5.41, 5.74) is 7.55. The van der Waals surface area contributed by atoms with Crippen LogP contribution in [0.4, 0.5) is 0 Å². The van der Waals surface area contributed by atoms with Crippen LogP contribution in [0.1, 0.15) is 36.6 Å². The molecule has 1 aliphatic rings. The molecule has 1 unspecified atom stereocenters. The SMILES string of the molecule is Cc1cc(C)c(C#N)c(SC(C)C(=O)N2CCC(C(N)=O)CC2)n1. The van der Waals surface area contributed by atoms with E-state index < -0.39 is 0 Å². The number of rotatable bonds is 4. The van der Waals surface area contributed by atoms with Crippen LogP contribution in [0.5, 0.6) is 0 Å². The molecular weight excluding hydrogens is 324 g/mol. The number of primary amides is 1. The van der Waals surface area contributed by atoms with Crippen molar-refractivity contribution in [1.29, 1.82) is 5.26 Å². The predicted octanol–water partition coefficient (Wildman–Crippen LogP) is 1.77. The van der Waals surface area contributed by atoms with Gasteiger partial charge in [-0.3, -0.25) is 9.59 Å². The Hall–Kier alpha value is -2.07. The summed E-state index contributed by atoms with van der Waals surface area (Å²) in [6.07, 6.45) is 1.23. The molecule has 128 valence electrons. The lowest BCUT2D eigenvalue weighted by molar-refractivity contribution is -0.134. The Labute approximate surface area is 146 Å². The molecule has 7 heteroatoms. The number of carbonyl (C=O) groups excluding carboxylic acids is 2. The van der Waals surface area contributed by atoms with Gasteiger partial charge in [0.2, 0.25) is 11.8 Å². The molecule has 0 spiro atoms. The molecular formula is C17H22N4O2S. The van der Waals surface area contributed by atoms with Crippen LogP contribution in [0.15, 0.2) is 11.1 Å². The first-order chi connectivity index (χ1) is 11.3. The first kappa shape index (κ1) is 18.3. The molecule has 2 N–H and O–H groups in total. The Morgan fingerprint density at radius 3 is 2.58 bits per heavy atom. The van der Waals surface area contributed by atoms with Crippen LogP contribution in [0.3, 0.4) is 0 Å². The van der Waals surface area contributed by atoms with Gasteiger partial charge in [0.25, 0.3) is 0 Å². The van der Waals surface area contributed by atoms with Crippen molar-refractivity contribution in [2.45, 2.75) is 43.9 Å². The first-order valence-corrected chi connectivity index (χ1v) is 8.84. The second-order valence-electron chi connectivity index (χ2n) is 6.13. The molecule has 1 fully saturated rings. The molecule has 0 saturated carbocycles. The van der Waals surface area contributed by atoms with E-state index in [9.17, 15) is 14.9 Å². The summed E-state index contributed by atoms with van der Waals surface area (Å²) < 4.78 is 0. The van der Waals surface area contributed by atoms with Crippen LogP contribution in [0.25, 0.3) is 0 Å². The van der Waals surface area contributed by atoms with E-state index in [-0.39, 0.29) is 23.0 Å². The van der Waals surface area contributed by atoms with Crippen molar-refractivity contribution in [1.82, 2.24) is 9.88 Å². The molecule has 1 atom stereocenters. The van der Waals surface area contributed by atoms with Crippen LogP contribution in [-0.2, 0) is 9.59 Å². The smallest absolute Gasteiger partial charge is 0.235 e. The van der Waals surface area contributed by atoms with E-state index in [2.05, 4.69) is 11.1 Å². The van der Waals surface area contributed by atoms with Crippen molar-refractivity contribution in [2.24, 2.45) is 11.7 Å². The minimum Gasteiger partial charge on any atom is -0.369 e. The number of aryl methyl sites for hydroxylation is 2. The van der Waals surface area contributed by atoms with Crippen LogP contribution in [0, 0.1) is 31.1 Å². The van der Waals surface area contributed by atoms with Gasteiger partial charge in [0, 0.05) is 24.7 Å². The van der Waals surface area contributed by atoms with Crippen molar-refractivity contribution in [3.05, 3.63) is 22.9 Å². The summed E-state index contributed by atoms with van der Waals surface area (Å²) in [6, 6.07) is 4.04. The maximum atomic E-state index is 12.6. The lowest BCUT2D eigenvalue weighted by Crippen LogP contribution is -2.44. The average Bonchev–Trinajstić information content (AvgIpc) is 2.53. The molecule has 2 rings (SSSR count). The van der Waals surface area contributed by atoms with Gasteiger partial charge >= 0.3 is 0 Å². The maximum Gasteiger partial charge on any atom is 0.235 e. The van der Waals surface area contributed by atoms with E-state index in [4.69, 9.17) is 5.73 Å². The molecule has 0 radical (unpaired) electrons. The lowest BCUT2D eigenvalue weighted by Gasteiger charge is -2.32. The topological polar surface area (TPSA) is 100 Å². The number of nitriles is 1. The Morgan fingerprint density at radius 2 is 2.04 bits per heavy atom. The highest BCUT2D eigenvalue weighted by Gasteiger charge is 2.29. The van der Waals surface area contributed by atoms with E-state index >= 15 is 0 Å². The van der Waals surface area contributed by atoms with Gasteiger partial charge < -0.3 is 10.6 Å². The molecule has 0 aliphatic carbocycles. The summed E-state index contributed by atoms with van der Waals surface area (Å²) in [5.74, 6) is -0.418. The quantitative estimate of drug-likeness (QED) is 0.838. The van der Waals surface area contributed by atoms with Gasteiger partial charge in [0.1, 0.15) is 11.1 Å². The number of aromatic nitrogens is 1. The monoisotopic (exact) mass is 346 g/mol. The summed E-state index contributed by atoms with van der Waals surface area (Å²) in [7, 11) is 0. The van der Waals surface area contributed by atoms with Crippen LogP contribution in [0.2, 0.25) is 0 Å². The summed E-state index contributed by atoms with van der Waals surface area (Å²) in [6.45, 7) is 6.66. The summed E-state index contributed by atoms with van der Waals surface area (Å²) in [4.78, 5) is 30.0. The highest BCUT2D eigenvalue weighted by Crippen LogP contribution is 2.29. The molecule has 1 saturated heterocycles. The molecule has 1 aromatic rings. The Kier molecular flexibility index (Phi) is 5.84. The zero-order valence-corrected chi connectivity index (χ0v) is 15.0. The van der Waals surface area contributed by atoms with Crippen molar-refractivity contribution < 1.29 is 9.59 Å². The number of piperidine rings is 1. The van der Waals surface area contributed by atoms with Crippen LogP contribution < -0.4 is 5.73 Å². The minimum absolute atomic E-state index is 0.00719. The summed E-state index contributed by atoms with van der Waals surface area (Å²) in [5, 5.41) is 9.59. The van der Waals surface area contributed by atoms with E-state index in [0.29, 0.717) is 36.5 Å². The minimum atomic E-state index is -0.337. The molecule has 2 amide bonds. The van der Waals surface area contributed by atoms with Crippen molar-refractivity contribution in [3.8, 4) is 6.07 Å². The number of nitrogens with two attached hydrogens (primary N) is 1. The van der Waals surface area contributed by atoms with E-state index in [1.807, 2.05) is 26.8 Å². The number of likely N-dealkylation sites (tertiary alicyclic amines) is 1. The second kappa shape index (κ2) is 7.67. The molecule has 1 aromatic heterocycles. The number of hydrogen-bond donors (Lipinski definition) is 1. The number of pyridine rings is 1. The zero-order valence-electron chi connectivity index (χ0n) is 14.2. The van der Waals surface area contributed by atoms with Gasteiger partial charge in [-0.25, -0.2) is 4.98 Å². The second-order valence-corrected chi connectivity index (χ2v) is 7.46. The van der Waals surface area contributed by atoms with Crippen molar-refractivity contribution in [2.75, 3.05) is 13.1 Å². The lowest BCUT2D eigenvalue weighted by atomic mass is 9.96. The van der Waals surface area contributed by atoms with Gasteiger partial charge in [-0.15, -0.1) is 0 Å². The number of amides is 2. The van der Waals surface area contributed by atoms with Gasteiger partial charge in [-0.1, -0.05) is 11.8 Å². The van der Waals surface area contributed by atoms with Gasteiger partial charge in [0.15, 0.2) is 0 Å². The molecule has 6 nitrogen and oxygen atoms in total. The van der Waals surface area contributed by atoms with Crippen LogP contribution in [-0.4, -0.2) is 40.0 Å². The molecule has 1 aliphatic heterocycles. The first-order valence-electron chi connectivity index (χ1n) is 7.96. The fourth-order valence-corrected chi connectivity index (χ4v) is 3.99. The number of nitrogens with zero attached hydrogens (tertiary/aromatic N) is 3. The molecule has 0 aromatic carbocycles. The predicted molar refractivity (Wildman–Crippen MR) is 92.2 cm³/mol. The van der Waals surface area contributed by atoms with Gasteiger partial charge in [0.05, 0.1) is 10.8 Å². The maximum absolute atomic E-state index is 12.6. The Balaban J connectivity index is 2.05. The fourth-order valence-electron chi connectivity index (χ4n) is 2.88. The van der Waals surface area contributed by atoms with Gasteiger partial charge in [-0.2, -0.15) is 5.26 Å². The highest BCUT2D eigenvalue weighted by atomic mass is 32.2.